The molecule has 0 saturated heterocycles. The van der Waals surface area contributed by atoms with Crippen molar-refractivity contribution >= 4 is 16.4 Å². The number of nitrogens with zero attached hydrogens (tertiary/aromatic N) is 1. The first kappa shape index (κ1) is 46.6. The summed E-state index contributed by atoms with van der Waals surface area (Å²) in [5, 5.41) is 8.46. The van der Waals surface area contributed by atoms with Gasteiger partial charge in [-0.25, -0.2) is 18.1 Å². The van der Waals surface area contributed by atoms with E-state index in [1.54, 1.807) is 6.92 Å². The van der Waals surface area contributed by atoms with Gasteiger partial charge in [-0.15, -0.1) is 4.33 Å². The van der Waals surface area contributed by atoms with E-state index in [-0.39, 0.29) is 12.6 Å². The van der Waals surface area contributed by atoms with Crippen molar-refractivity contribution in [3.8, 4) is 0 Å². The molecule has 0 aromatic heterocycles. The normalized spacial score (nSPS) is 12.2. The summed E-state index contributed by atoms with van der Waals surface area (Å²) >= 11 is 0. The number of quaternary nitrogens is 1. The highest BCUT2D eigenvalue weighted by Gasteiger charge is 2.17. The number of carbonyl (C=O) groups is 1. The van der Waals surface area contributed by atoms with Crippen LogP contribution in [0.25, 0.3) is 0 Å². The minimum absolute atomic E-state index is 0.216. The van der Waals surface area contributed by atoms with E-state index in [0.717, 1.165) is 32.4 Å². The van der Waals surface area contributed by atoms with Crippen molar-refractivity contribution in [2.75, 3.05) is 33.7 Å². The second-order valence-corrected chi connectivity index (χ2v) is 13.5. The van der Waals surface area contributed by atoms with Crippen LogP contribution in [-0.4, -0.2) is 68.4 Å². The molecular formula is C33H72N2O7S. The summed E-state index contributed by atoms with van der Waals surface area (Å²) in [7, 11) is -0.887. The minimum atomic E-state index is -4.74. The molecule has 0 saturated carbocycles. The number of hydrogen-bond acceptors (Lipinski definition) is 7. The summed E-state index contributed by atoms with van der Waals surface area (Å²) in [6.07, 6.45) is 27.8. The fourth-order valence-corrected chi connectivity index (χ4v) is 5.00. The Labute approximate surface area is 267 Å². The molecule has 3 N–H and O–H groups in total. The third kappa shape index (κ3) is 48.3. The molecule has 1 atom stereocenters. The van der Waals surface area contributed by atoms with Crippen molar-refractivity contribution < 1.29 is 36.6 Å². The predicted molar refractivity (Wildman–Crippen MR) is 178 cm³/mol. The van der Waals surface area contributed by atoms with Gasteiger partial charge in [-0.2, -0.15) is 0 Å². The molecule has 0 rings (SSSR count). The number of nitrogens with two attached hydrogens (primary N) is 1. The Balaban J connectivity index is -0.000000600. The Kier molecular flexibility index (Phi) is 37.0. The summed E-state index contributed by atoms with van der Waals surface area (Å²) in [6, 6.07) is 0. The third-order valence-corrected chi connectivity index (χ3v) is 7.45. The maximum absolute atomic E-state index is 10.3. The van der Waals surface area contributed by atoms with Crippen molar-refractivity contribution in [2.45, 2.75) is 175 Å². The van der Waals surface area contributed by atoms with Gasteiger partial charge < -0.3 is 19.9 Å². The molecule has 0 aliphatic heterocycles. The standard InChI is InChI=1S/C14H30O5S.C12H27N.C7H15NO2/c1-3-4-5-6-7-8-9-10-11-12-13-14(2)18-19-20(15,16)17;1-2-3-4-5-6-7-8-9-10-11-12-13;1-4-5-8(2,3)6-7(9)10/h14H,3-13H2,1-2H3,(H,15,16,17);2-13H2,1H3;4-6H2,1-3H3. The molecule has 43 heavy (non-hydrogen) atoms. The molecule has 0 fully saturated rings. The monoisotopic (exact) mass is 641 g/mol. The number of carboxylic acid groups (broad SMARTS) is 1. The van der Waals surface area contributed by atoms with Crippen molar-refractivity contribution in [2.24, 2.45) is 5.73 Å². The van der Waals surface area contributed by atoms with E-state index in [1.807, 2.05) is 14.1 Å². The van der Waals surface area contributed by atoms with Gasteiger partial charge in [0.05, 0.1) is 26.7 Å². The van der Waals surface area contributed by atoms with E-state index in [2.05, 4.69) is 30.0 Å². The molecule has 0 heterocycles. The van der Waals surface area contributed by atoms with Crippen LogP contribution in [-0.2, 0) is 24.4 Å². The summed E-state index contributed by atoms with van der Waals surface area (Å²) in [5.41, 5.74) is 5.42. The Bertz CT molecular complexity index is 666. The third-order valence-electron chi connectivity index (χ3n) is 7.20. The first-order chi connectivity index (χ1) is 20.3. The zero-order chi connectivity index (χ0) is 33.2. The van der Waals surface area contributed by atoms with Crippen LogP contribution in [0.15, 0.2) is 0 Å². The zero-order valence-corrected chi connectivity index (χ0v) is 29.9. The SMILES string of the molecule is CCCCCCCCCCCCC(C)OOS(=O)(=O)[O-].CCCCCCCCCCCCN.CCC[N+](C)(C)CC(=O)O. The number of rotatable bonds is 28. The minimum Gasteiger partial charge on any atom is -0.724 e. The maximum Gasteiger partial charge on any atom is 0.359 e. The lowest BCUT2D eigenvalue weighted by atomic mass is 10.1. The number of hydrogen-bond donors (Lipinski definition) is 2. The lowest BCUT2D eigenvalue weighted by molar-refractivity contribution is -0.883. The first-order valence-electron chi connectivity index (χ1n) is 17.4. The predicted octanol–water partition coefficient (Wildman–Crippen LogP) is 8.52. The molecule has 0 aromatic carbocycles. The van der Waals surface area contributed by atoms with Crippen molar-refractivity contribution in [3.05, 3.63) is 0 Å². The zero-order valence-electron chi connectivity index (χ0n) is 29.1. The molecule has 10 heteroatoms. The van der Waals surface area contributed by atoms with Crippen molar-refractivity contribution in [1.29, 1.82) is 0 Å². The van der Waals surface area contributed by atoms with E-state index in [4.69, 9.17) is 10.8 Å². The van der Waals surface area contributed by atoms with E-state index in [9.17, 15) is 17.8 Å². The van der Waals surface area contributed by atoms with Gasteiger partial charge in [0.25, 0.3) is 0 Å². The largest absolute Gasteiger partial charge is 0.724 e. The summed E-state index contributed by atoms with van der Waals surface area (Å²) in [4.78, 5) is 14.8. The van der Waals surface area contributed by atoms with E-state index in [0.29, 0.717) is 10.9 Å². The Morgan fingerprint density at radius 3 is 1.42 bits per heavy atom. The molecule has 0 aliphatic rings. The van der Waals surface area contributed by atoms with Gasteiger partial charge in [0.15, 0.2) is 6.54 Å². The summed E-state index contributed by atoms with van der Waals surface area (Å²) in [5.74, 6) is -0.724. The van der Waals surface area contributed by atoms with Crippen LogP contribution in [0.5, 0.6) is 0 Å². The molecule has 9 nitrogen and oxygen atoms in total. The Morgan fingerprint density at radius 2 is 1.09 bits per heavy atom. The smallest absolute Gasteiger partial charge is 0.359 e. The summed E-state index contributed by atoms with van der Waals surface area (Å²) in [6.45, 7) is 10.3. The average Bonchev–Trinajstić information content (AvgIpc) is 2.91. The number of likely N-dealkylation sites (N-methyl/N-ethyl adjacent to an activating group) is 1. The highest BCUT2D eigenvalue weighted by Crippen LogP contribution is 2.13. The molecular weight excluding hydrogens is 568 g/mol. The topological polar surface area (TPSA) is 139 Å². The molecule has 0 radical (unpaired) electrons. The number of unbranched alkanes of at least 4 members (excludes halogenated alkanes) is 18. The van der Waals surface area contributed by atoms with Gasteiger partial charge in [-0.3, -0.25) is 0 Å². The molecule has 0 aliphatic carbocycles. The fourth-order valence-electron chi connectivity index (χ4n) is 4.76. The van der Waals surface area contributed by atoms with Crippen LogP contribution in [0, 0.1) is 0 Å². The fraction of sp³-hybridized carbons (Fsp3) is 0.970. The van der Waals surface area contributed by atoms with Crippen LogP contribution < -0.4 is 5.73 Å². The van der Waals surface area contributed by atoms with Crippen LogP contribution in [0.3, 0.4) is 0 Å². The second-order valence-electron chi connectivity index (χ2n) is 12.5. The number of carboxylic acids is 1. The first-order valence-corrected chi connectivity index (χ1v) is 18.7. The lowest BCUT2D eigenvalue weighted by Gasteiger charge is -2.26. The van der Waals surface area contributed by atoms with Gasteiger partial charge in [0, 0.05) is 0 Å². The van der Waals surface area contributed by atoms with Crippen LogP contribution in [0.4, 0.5) is 0 Å². The van der Waals surface area contributed by atoms with Gasteiger partial charge in [-0.1, -0.05) is 143 Å². The van der Waals surface area contributed by atoms with Gasteiger partial charge in [-0.05, 0) is 32.7 Å². The van der Waals surface area contributed by atoms with Crippen molar-refractivity contribution in [3.63, 3.8) is 0 Å². The highest BCUT2D eigenvalue weighted by atomic mass is 32.3. The molecule has 1 unspecified atom stereocenters. The van der Waals surface area contributed by atoms with Crippen molar-refractivity contribution in [1.82, 2.24) is 0 Å². The van der Waals surface area contributed by atoms with Crippen LogP contribution in [0.2, 0.25) is 0 Å². The Hall–Kier alpha value is -0.780. The van der Waals surface area contributed by atoms with Crippen LogP contribution in [0.1, 0.15) is 169 Å². The van der Waals surface area contributed by atoms with Crippen LogP contribution >= 0.6 is 0 Å². The molecule has 0 aromatic rings. The number of aliphatic carboxylic acids is 1. The molecule has 0 bridgehead atoms. The molecule has 0 amide bonds. The molecule has 262 valence electrons. The van der Waals surface area contributed by atoms with Gasteiger partial charge in [0.2, 0.25) is 10.4 Å². The van der Waals surface area contributed by atoms with Gasteiger partial charge in [0.1, 0.15) is 0 Å². The Morgan fingerprint density at radius 1 is 0.721 bits per heavy atom. The van der Waals surface area contributed by atoms with E-state index >= 15 is 0 Å². The summed E-state index contributed by atoms with van der Waals surface area (Å²) < 4.78 is 34.9. The average molecular weight is 641 g/mol. The highest BCUT2D eigenvalue weighted by molar-refractivity contribution is 7.80. The molecule has 0 spiro atoms. The second kappa shape index (κ2) is 34.1. The van der Waals surface area contributed by atoms with E-state index in [1.165, 1.54) is 116 Å². The lowest BCUT2D eigenvalue weighted by Crippen LogP contribution is -2.44. The maximum atomic E-state index is 10.3. The van der Waals surface area contributed by atoms with Gasteiger partial charge >= 0.3 is 5.97 Å². The quantitative estimate of drug-likeness (QED) is 0.0217. The van der Waals surface area contributed by atoms with E-state index < -0.39 is 16.4 Å².